The van der Waals surface area contributed by atoms with Crippen molar-refractivity contribution in [1.82, 2.24) is 20.0 Å². The van der Waals surface area contributed by atoms with E-state index in [1.54, 1.807) is 17.9 Å². The number of benzene rings is 1. The second-order valence-corrected chi connectivity index (χ2v) is 7.89. The van der Waals surface area contributed by atoms with E-state index in [0.717, 1.165) is 5.69 Å². The lowest BCUT2D eigenvalue weighted by atomic mass is 10.2. The summed E-state index contributed by atoms with van der Waals surface area (Å²) in [4.78, 5) is 28.6. The van der Waals surface area contributed by atoms with Crippen LogP contribution in [0.15, 0.2) is 30.3 Å². The van der Waals surface area contributed by atoms with Crippen LogP contribution in [0.1, 0.15) is 35.6 Å². The molecule has 1 unspecified atom stereocenters. The first kappa shape index (κ1) is 23.6. The molecule has 3 rings (SSSR count). The van der Waals surface area contributed by atoms with Crippen LogP contribution in [0.25, 0.3) is 0 Å². The summed E-state index contributed by atoms with van der Waals surface area (Å²) in [5.41, 5.74) is 1.57. The summed E-state index contributed by atoms with van der Waals surface area (Å²) in [7, 11) is 0. The first-order chi connectivity index (χ1) is 15.0. The van der Waals surface area contributed by atoms with Crippen molar-refractivity contribution in [2.24, 2.45) is 0 Å². The van der Waals surface area contributed by atoms with Crippen molar-refractivity contribution in [1.29, 1.82) is 0 Å². The van der Waals surface area contributed by atoms with Gasteiger partial charge in [-0.05, 0) is 44.5 Å². The van der Waals surface area contributed by atoms with Crippen LogP contribution < -0.4 is 4.74 Å². The second kappa shape index (κ2) is 9.60. The minimum Gasteiger partial charge on any atom is -0.406 e. The first-order valence-electron chi connectivity index (χ1n) is 10.1. The Bertz CT molecular complexity index is 943. The van der Waals surface area contributed by atoms with Crippen molar-refractivity contribution in [2.45, 2.75) is 45.9 Å². The molecule has 11 heteroatoms. The molecule has 1 aromatic carbocycles. The van der Waals surface area contributed by atoms with E-state index < -0.39 is 12.5 Å². The Morgan fingerprint density at radius 3 is 2.50 bits per heavy atom. The van der Waals surface area contributed by atoms with Crippen LogP contribution in [-0.2, 0) is 16.1 Å². The third-order valence-corrected chi connectivity index (χ3v) is 4.95. The minimum absolute atomic E-state index is 0.0879. The largest absolute Gasteiger partial charge is 0.573 e. The summed E-state index contributed by atoms with van der Waals surface area (Å²) in [6, 6.07) is 6.88. The molecule has 2 aromatic rings. The topological polar surface area (TPSA) is 87.8 Å². The number of alkyl halides is 3. The van der Waals surface area contributed by atoms with Gasteiger partial charge in [-0.15, -0.1) is 13.2 Å². The number of nitrogens with one attached hydrogen (secondary N) is 1. The maximum Gasteiger partial charge on any atom is 0.573 e. The fourth-order valence-electron chi connectivity index (χ4n) is 3.39. The zero-order valence-corrected chi connectivity index (χ0v) is 18.0. The SMILES string of the molecule is Cc1cc(C(=O)N2CC(=O)N(C(C)C)CC(OCc3ccc(OC(F)(F)F)cc3)C2)n[nH]1. The van der Waals surface area contributed by atoms with Crippen LogP contribution in [-0.4, -0.2) is 70.0 Å². The monoisotopic (exact) mass is 454 g/mol. The zero-order valence-electron chi connectivity index (χ0n) is 18.0. The van der Waals surface area contributed by atoms with Gasteiger partial charge in [0.05, 0.1) is 12.7 Å². The fraction of sp³-hybridized carbons (Fsp3) is 0.476. The minimum atomic E-state index is -4.76. The molecule has 0 spiro atoms. The maximum absolute atomic E-state index is 12.9. The number of nitrogens with zero attached hydrogens (tertiary/aromatic N) is 3. The summed E-state index contributed by atoms with van der Waals surface area (Å²) < 4.78 is 46.8. The van der Waals surface area contributed by atoms with Crippen molar-refractivity contribution in [3.05, 3.63) is 47.3 Å². The van der Waals surface area contributed by atoms with E-state index in [1.165, 1.54) is 29.2 Å². The Morgan fingerprint density at radius 1 is 1.25 bits per heavy atom. The number of amides is 2. The first-order valence-corrected chi connectivity index (χ1v) is 10.1. The lowest BCUT2D eigenvalue weighted by Crippen LogP contribution is -2.42. The van der Waals surface area contributed by atoms with Crippen molar-refractivity contribution >= 4 is 11.8 Å². The molecule has 1 N–H and O–H groups in total. The predicted octanol–water partition coefficient (Wildman–Crippen LogP) is 2.89. The summed E-state index contributed by atoms with van der Waals surface area (Å²) in [5, 5.41) is 6.69. The highest BCUT2D eigenvalue weighted by atomic mass is 19.4. The van der Waals surface area contributed by atoms with E-state index in [1.807, 2.05) is 13.8 Å². The average molecular weight is 454 g/mol. The van der Waals surface area contributed by atoms with Gasteiger partial charge in [0.2, 0.25) is 5.91 Å². The molecule has 2 amide bonds. The highest BCUT2D eigenvalue weighted by Gasteiger charge is 2.33. The zero-order chi connectivity index (χ0) is 23.5. The molecule has 1 aliphatic heterocycles. The number of hydrogen-bond donors (Lipinski definition) is 1. The third-order valence-electron chi connectivity index (χ3n) is 4.95. The molecule has 1 atom stereocenters. The van der Waals surface area contributed by atoms with E-state index in [9.17, 15) is 22.8 Å². The van der Waals surface area contributed by atoms with Crippen LogP contribution in [0.3, 0.4) is 0 Å². The number of carbonyl (C=O) groups is 2. The van der Waals surface area contributed by atoms with Gasteiger partial charge in [-0.1, -0.05) is 12.1 Å². The highest BCUT2D eigenvalue weighted by molar-refractivity contribution is 5.95. The standard InChI is InChI=1S/C21H25F3N4O4/c1-13(2)28-10-17(31-12-15-4-6-16(7-5-15)32-21(22,23)24)9-27(11-19(28)29)20(30)18-8-14(3)25-26-18/h4-8,13,17H,9-12H2,1-3H3,(H,25,26). The van der Waals surface area contributed by atoms with Crippen LogP contribution in [0, 0.1) is 6.92 Å². The molecule has 2 heterocycles. The van der Waals surface area contributed by atoms with Gasteiger partial charge < -0.3 is 19.3 Å². The van der Waals surface area contributed by atoms with Crippen molar-refractivity contribution in [3.63, 3.8) is 0 Å². The summed E-state index contributed by atoms with van der Waals surface area (Å²) in [6.07, 6.45) is -5.24. The van der Waals surface area contributed by atoms with Gasteiger partial charge in [-0.2, -0.15) is 5.10 Å². The number of ether oxygens (including phenoxy) is 2. The van der Waals surface area contributed by atoms with Crippen molar-refractivity contribution < 1.29 is 32.2 Å². The van der Waals surface area contributed by atoms with Crippen LogP contribution >= 0.6 is 0 Å². The number of rotatable bonds is 6. The molecule has 1 aromatic heterocycles. The quantitative estimate of drug-likeness (QED) is 0.725. The molecular weight excluding hydrogens is 429 g/mol. The Balaban J connectivity index is 1.70. The Morgan fingerprint density at radius 2 is 1.94 bits per heavy atom. The van der Waals surface area contributed by atoms with Crippen molar-refractivity contribution in [2.75, 3.05) is 19.6 Å². The Labute approximate surface area is 183 Å². The highest BCUT2D eigenvalue weighted by Crippen LogP contribution is 2.23. The number of hydrogen-bond acceptors (Lipinski definition) is 5. The summed E-state index contributed by atoms with van der Waals surface area (Å²) in [6.45, 7) is 6.00. The number of aromatic nitrogens is 2. The molecule has 32 heavy (non-hydrogen) atoms. The fourth-order valence-corrected chi connectivity index (χ4v) is 3.39. The smallest absolute Gasteiger partial charge is 0.406 e. The number of aromatic amines is 1. The van der Waals surface area contributed by atoms with E-state index in [2.05, 4.69) is 14.9 Å². The van der Waals surface area contributed by atoms with E-state index in [4.69, 9.17) is 4.74 Å². The van der Waals surface area contributed by atoms with Gasteiger partial charge in [0, 0.05) is 24.8 Å². The molecule has 1 aliphatic rings. The summed E-state index contributed by atoms with van der Waals surface area (Å²) in [5.74, 6) is -0.894. The molecule has 174 valence electrons. The molecule has 1 saturated heterocycles. The molecule has 0 saturated carbocycles. The molecular formula is C21H25F3N4O4. The van der Waals surface area contributed by atoms with Gasteiger partial charge in [-0.25, -0.2) is 0 Å². The lowest BCUT2D eigenvalue weighted by Gasteiger charge is -2.27. The van der Waals surface area contributed by atoms with Gasteiger partial charge in [0.15, 0.2) is 0 Å². The average Bonchev–Trinajstić information content (AvgIpc) is 3.06. The van der Waals surface area contributed by atoms with Crippen LogP contribution in [0.5, 0.6) is 5.75 Å². The van der Waals surface area contributed by atoms with Gasteiger partial charge >= 0.3 is 6.36 Å². The number of aryl methyl sites for hydroxylation is 1. The van der Waals surface area contributed by atoms with Crippen LogP contribution in [0.4, 0.5) is 13.2 Å². The lowest BCUT2D eigenvalue weighted by molar-refractivity contribution is -0.274. The van der Waals surface area contributed by atoms with E-state index in [-0.39, 0.29) is 55.5 Å². The Hall–Kier alpha value is -3.08. The Kier molecular flexibility index (Phi) is 7.07. The number of H-pyrrole nitrogens is 1. The third kappa shape index (κ3) is 6.22. The number of carbonyl (C=O) groups excluding carboxylic acids is 2. The molecule has 8 nitrogen and oxygen atoms in total. The molecule has 1 fully saturated rings. The van der Waals surface area contributed by atoms with Crippen molar-refractivity contribution in [3.8, 4) is 5.75 Å². The van der Waals surface area contributed by atoms with Crippen LogP contribution in [0.2, 0.25) is 0 Å². The predicted molar refractivity (Wildman–Crippen MR) is 108 cm³/mol. The number of halogens is 3. The second-order valence-electron chi connectivity index (χ2n) is 7.89. The molecule has 0 bridgehead atoms. The normalized spacial score (nSPS) is 17.6. The van der Waals surface area contributed by atoms with Gasteiger partial charge in [0.1, 0.15) is 18.0 Å². The molecule has 0 aliphatic carbocycles. The van der Waals surface area contributed by atoms with E-state index in [0.29, 0.717) is 5.56 Å². The van der Waals surface area contributed by atoms with Gasteiger partial charge in [-0.3, -0.25) is 14.7 Å². The van der Waals surface area contributed by atoms with E-state index >= 15 is 0 Å². The summed E-state index contributed by atoms with van der Waals surface area (Å²) >= 11 is 0. The van der Waals surface area contributed by atoms with Gasteiger partial charge in [0.25, 0.3) is 5.91 Å². The molecule has 0 radical (unpaired) electrons. The maximum atomic E-state index is 12.9.